The van der Waals surface area contributed by atoms with Crippen LogP contribution >= 0.6 is 0 Å². The molecule has 0 aliphatic carbocycles. The number of halogens is 1. The topological polar surface area (TPSA) is 15.3 Å². The Bertz CT molecular complexity index is 445. The van der Waals surface area contributed by atoms with Gasteiger partial charge < -0.3 is 10.2 Å². The van der Waals surface area contributed by atoms with E-state index < -0.39 is 0 Å². The van der Waals surface area contributed by atoms with Gasteiger partial charge >= 0.3 is 0 Å². The SMILES string of the molecule is CCCNC(C)c1cc(F)c(C)cc1N(CC)C(C)CC. The molecule has 0 amide bonds. The van der Waals surface area contributed by atoms with Gasteiger partial charge in [0.05, 0.1) is 0 Å². The molecule has 1 rings (SSSR count). The molecule has 1 aromatic rings. The Morgan fingerprint density at radius 3 is 2.38 bits per heavy atom. The molecule has 0 aliphatic heterocycles. The predicted molar refractivity (Wildman–Crippen MR) is 90.6 cm³/mol. The maximum atomic E-state index is 14.0. The van der Waals surface area contributed by atoms with E-state index in [1.54, 1.807) is 6.07 Å². The van der Waals surface area contributed by atoms with Gasteiger partial charge in [-0.1, -0.05) is 13.8 Å². The Kier molecular flexibility index (Phi) is 7.16. The van der Waals surface area contributed by atoms with E-state index in [-0.39, 0.29) is 11.9 Å². The summed E-state index contributed by atoms with van der Waals surface area (Å²) >= 11 is 0. The Labute approximate surface area is 129 Å². The van der Waals surface area contributed by atoms with Gasteiger partial charge in [-0.2, -0.15) is 0 Å². The number of hydrogen-bond donors (Lipinski definition) is 1. The standard InChI is InChI=1S/C18H31FN2/c1-7-10-20-15(6)16-12-17(19)13(4)11-18(16)21(9-3)14(5)8-2/h11-12,14-15,20H,7-10H2,1-6H3. The molecule has 2 unspecified atom stereocenters. The van der Waals surface area contributed by atoms with Crippen molar-refractivity contribution in [3.8, 4) is 0 Å². The second kappa shape index (κ2) is 8.38. The van der Waals surface area contributed by atoms with Crippen molar-refractivity contribution in [3.05, 3.63) is 29.1 Å². The fourth-order valence-electron chi connectivity index (χ4n) is 2.69. The molecule has 0 heterocycles. The molecule has 1 aromatic carbocycles. The average molecular weight is 294 g/mol. The molecule has 0 radical (unpaired) electrons. The minimum atomic E-state index is -0.112. The van der Waals surface area contributed by atoms with E-state index in [1.807, 2.05) is 13.0 Å². The molecule has 0 saturated heterocycles. The third kappa shape index (κ3) is 4.44. The van der Waals surface area contributed by atoms with E-state index in [4.69, 9.17) is 0 Å². The third-order valence-electron chi connectivity index (χ3n) is 4.25. The molecule has 120 valence electrons. The summed E-state index contributed by atoms with van der Waals surface area (Å²) in [6.45, 7) is 14.6. The monoisotopic (exact) mass is 294 g/mol. The summed E-state index contributed by atoms with van der Waals surface area (Å²) < 4.78 is 14.0. The van der Waals surface area contributed by atoms with Crippen LogP contribution in [0.4, 0.5) is 10.1 Å². The summed E-state index contributed by atoms with van der Waals surface area (Å²) in [4.78, 5) is 2.38. The highest BCUT2D eigenvalue weighted by Crippen LogP contribution is 2.31. The quantitative estimate of drug-likeness (QED) is 0.739. The number of hydrogen-bond acceptors (Lipinski definition) is 2. The van der Waals surface area contributed by atoms with E-state index >= 15 is 0 Å². The summed E-state index contributed by atoms with van der Waals surface area (Å²) in [7, 11) is 0. The van der Waals surface area contributed by atoms with Crippen molar-refractivity contribution < 1.29 is 4.39 Å². The van der Waals surface area contributed by atoms with Gasteiger partial charge in [0.25, 0.3) is 0 Å². The Hall–Kier alpha value is -1.09. The van der Waals surface area contributed by atoms with Crippen LogP contribution in [0.3, 0.4) is 0 Å². The number of rotatable bonds is 8. The van der Waals surface area contributed by atoms with Crippen LogP contribution in [-0.4, -0.2) is 19.1 Å². The Balaban J connectivity index is 3.24. The van der Waals surface area contributed by atoms with Crippen LogP contribution in [0, 0.1) is 12.7 Å². The molecule has 3 heteroatoms. The van der Waals surface area contributed by atoms with Gasteiger partial charge in [0, 0.05) is 24.3 Å². The summed E-state index contributed by atoms with van der Waals surface area (Å²) in [5.41, 5.74) is 2.95. The van der Waals surface area contributed by atoms with Gasteiger partial charge in [0.1, 0.15) is 5.82 Å². The highest BCUT2D eigenvalue weighted by Gasteiger charge is 2.19. The predicted octanol–water partition coefficient (Wildman–Crippen LogP) is 4.82. The van der Waals surface area contributed by atoms with Crippen molar-refractivity contribution in [1.82, 2.24) is 5.32 Å². The summed E-state index contributed by atoms with van der Waals surface area (Å²) in [5.74, 6) is -0.112. The number of nitrogens with one attached hydrogen (secondary N) is 1. The van der Waals surface area contributed by atoms with Crippen LogP contribution in [0.2, 0.25) is 0 Å². The number of anilines is 1. The maximum Gasteiger partial charge on any atom is 0.126 e. The zero-order valence-electron chi connectivity index (χ0n) is 14.5. The third-order valence-corrected chi connectivity index (χ3v) is 4.25. The lowest BCUT2D eigenvalue weighted by Gasteiger charge is -2.33. The van der Waals surface area contributed by atoms with Crippen LogP contribution in [-0.2, 0) is 0 Å². The van der Waals surface area contributed by atoms with E-state index in [1.165, 1.54) is 5.69 Å². The van der Waals surface area contributed by atoms with Gasteiger partial charge in [0.2, 0.25) is 0 Å². The lowest BCUT2D eigenvalue weighted by molar-refractivity contribution is 0.553. The van der Waals surface area contributed by atoms with Crippen LogP contribution in [0.5, 0.6) is 0 Å². The lowest BCUT2D eigenvalue weighted by Crippen LogP contribution is -2.34. The second-order valence-corrected chi connectivity index (χ2v) is 5.88. The molecular formula is C18H31FN2. The Morgan fingerprint density at radius 1 is 1.19 bits per heavy atom. The van der Waals surface area contributed by atoms with Gasteiger partial charge in [-0.3, -0.25) is 0 Å². The van der Waals surface area contributed by atoms with Crippen LogP contribution < -0.4 is 10.2 Å². The molecule has 0 aliphatic rings. The molecule has 2 nitrogen and oxygen atoms in total. The second-order valence-electron chi connectivity index (χ2n) is 5.88. The fraction of sp³-hybridized carbons (Fsp3) is 0.667. The van der Waals surface area contributed by atoms with Crippen molar-refractivity contribution in [2.24, 2.45) is 0 Å². The highest BCUT2D eigenvalue weighted by atomic mass is 19.1. The molecule has 0 fully saturated rings. The minimum Gasteiger partial charge on any atom is -0.369 e. The Morgan fingerprint density at radius 2 is 1.86 bits per heavy atom. The average Bonchev–Trinajstić information content (AvgIpc) is 2.48. The molecule has 0 aromatic heterocycles. The maximum absolute atomic E-state index is 14.0. The van der Waals surface area contributed by atoms with Gasteiger partial charge in [-0.15, -0.1) is 0 Å². The molecular weight excluding hydrogens is 263 g/mol. The molecule has 0 spiro atoms. The fourth-order valence-corrected chi connectivity index (χ4v) is 2.69. The lowest BCUT2D eigenvalue weighted by atomic mass is 10.0. The molecule has 0 bridgehead atoms. The zero-order valence-corrected chi connectivity index (χ0v) is 14.5. The summed E-state index contributed by atoms with van der Waals surface area (Å²) in [6, 6.07) is 4.33. The van der Waals surface area contributed by atoms with Crippen molar-refractivity contribution in [1.29, 1.82) is 0 Å². The highest BCUT2D eigenvalue weighted by molar-refractivity contribution is 5.57. The van der Waals surface area contributed by atoms with Crippen LogP contribution in [0.25, 0.3) is 0 Å². The first-order chi connectivity index (χ1) is 9.96. The van der Waals surface area contributed by atoms with E-state index in [0.29, 0.717) is 6.04 Å². The normalized spacial score (nSPS) is 14.0. The molecule has 0 saturated carbocycles. The number of nitrogens with zero attached hydrogens (tertiary/aromatic N) is 1. The van der Waals surface area contributed by atoms with E-state index in [0.717, 1.165) is 37.1 Å². The van der Waals surface area contributed by atoms with Gasteiger partial charge in [0.15, 0.2) is 0 Å². The molecule has 1 N–H and O–H groups in total. The molecule has 21 heavy (non-hydrogen) atoms. The van der Waals surface area contributed by atoms with E-state index in [2.05, 4.69) is 44.8 Å². The van der Waals surface area contributed by atoms with E-state index in [9.17, 15) is 4.39 Å². The van der Waals surface area contributed by atoms with Crippen LogP contribution in [0.15, 0.2) is 12.1 Å². The first-order valence-electron chi connectivity index (χ1n) is 8.26. The smallest absolute Gasteiger partial charge is 0.126 e. The van der Waals surface area contributed by atoms with Crippen molar-refractivity contribution in [2.45, 2.75) is 66.5 Å². The minimum absolute atomic E-state index is 0.112. The van der Waals surface area contributed by atoms with Crippen LogP contribution in [0.1, 0.15) is 64.6 Å². The number of benzene rings is 1. The van der Waals surface area contributed by atoms with Gasteiger partial charge in [-0.05, 0) is 70.3 Å². The first-order valence-corrected chi connectivity index (χ1v) is 8.26. The van der Waals surface area contributed by atoms with Gasteiger partial charge in [-0.25, -0.2) is 4.39 Å². The number of aryl methyl sites for hydroxylation is 1. The van der Waals surface area contributed by atoms with Crippen molar-refractivity contribution >= 4 is 5.69 Å². The summed E-state index contributed by atoms with van der Waals surface area (Å²) in [5, 5.41) is 3.48. The molecule has 2 atom stereocenters. The van der Waals surface area contributed by atoms with Crippen molar-refractivity contribution in [3.63, 3.8) is 0 Å². The zero-order chi connectivity index (χ0) is 16.0. The first kappa shape index (κ1) is 18.0. The largest absolute Gasteiger partial charge is 0.369 e. The summed E-state index contributed by atoms with van der Waals surface area (Å²) in [6.07, 6.45) is 2.16. The van der Waals surface area contributed by atoms with Crippen molar-refractivity contribution in [2.75, 3.05) is 18.0 Å².